The van der Waals surface area contributed by atoms with Gasteiger partial charge in [-0.25, -0.2) is 9.78 Å². The van der Waals surface area contributed by atoms with Crippen LogP contribution in [0.4, 0.5) is 24.9 Å². The summed E-state index contributed by atoms with van der Waals surface area (Å²) in [6.45, 7) is 0.659. The summed E-state index contributed by atoms with van der Waals surface area (Å²) in [5.41, 5.74) is 0.946. The molecule has 4 rings (SSSR count). The van der Waals surface area contributed by atoms with E-state index in [2.05, 4.69) is 16.7 Å². The van der Waals surface area contributed by atoms with Gasteiger partial charge in [0.05, 0.1) is 5.52 Å². The van der Waals surface area contributed by atoms with E-state index in [-0.39, 0.29) is 11.8 Å². The minimum Gasteiger partial charge on any atom is -0.475 e. The van der Waals surface area contributed by atoms with Crippen molar-refractivity contribution >= 4 is 34.5 Å². The molecule has 9 nitrogen and oxygen atoms in total. The van der Waals surface area contributed by atoms with Gasteiger partial charge in [0, 0.05) is 32.1 Å². The molecule has 2 aromatic rings. The Bertz CT molecular complexity index is 1100. The first-order chi connectivity index (χ1) is 18.5. The number of aliphatic carboxylic acids is 1. The van der Waals surface area contributed by atoms with Crippen LogP contribution in [0.2, 0.25) is 0 Å². The van der Waals surface area contributed by atoms with Gasteiger partial charge in [-0.2, -0.15) is 18.2 Å². The number of alkyl halides is 3. The standard InChI is InChI=1S/C25H37N5O2.C2HF3O2/c1-30(2)23-20-10-6-7-11-21(20)28-25(29-23)27-19-14-12-17(13-15-19)16-26-24(32)22(31)18-8-4-3-5-9-18;3-2(4,5)1(6)7/h6-7,10-11,17-19,22,31H,3-5,8-9,12-16H2,1-2H3,(H,26,32)(H,27,28,29);(H,6,7). The molecule has 4 N–H and O–H groups in total. The predicted molar refractivity (Wildman–Crippen MR) is 143 cm³/mol. The maximum atomic E-state index is 12.4. The lowest BCUT2D eigenvalue weighted by molar-refractivity contribution is -0.192. The fourth-order valence-electron chi connectivity index (χ4n) is 5.17. The number of fused-ring (bicyclic) bond motifs is 1. The number of anilines is 2. The number of nitrogens with one attached hydrogen (secondary N) is 2. The fourth-order valence-corrected chi connectivity index (χ4v) is 5.17. The number of para-hydroxylation sites is 1. The number of amides is 1. The van der Waals surface area contributed by atoms with E-state index in [1.807, 2.05) is 37.2 Å². The zero-order valence-corrected chi connectivity index (χ0v) is 22.4. The van der Waals surface area contributed by atoms with Crippen LogP contribution in [0.5, 0.6) is 0 Å². The van der Waals surface area contributed by atoms with Crippen LogP contribution >= 0.6 is 0 Å². The highest BCUT2D eigenvalue weighted by atomic mass is 19.4. The van der Waals surface area contributed by atoms with Crippen molar-refractivity contribution in [1.82, 2.24) is 15.3 Å². The van der Waals surface area contributed by atoms with Crippen molar-refractivity contribution < 1.29 is 33.0 Å². The Balaban J connectivity index is 0.000000532. The molecule has 1 aromatic heterocycles. The van der Waals surface area contributed by atoms with Gasteiger partial charge < -0.3 is 25.7 Å². The van der Waals surface area contributed by atoms with E-state index in [1.54, 1.807) is 0 Å². The molecule has 0 radical (unpaired) electrons. The van der Waals surface area contributed by atoms with Crippen LogP contribution in [0.1, 0.15) is 57.8 Å². The molecule has 2 fully saturated rings. The minimum absolute atomic E-state index is 0.137. The molecule has 1 atom stereocenters. The number of carbonyl (C=O) groups excluding carboxylic acids is 1. The number of aliphatic hydroxyl groups is 1. The smallest absolute Gasteiger partial charge is 0.475 e. The summed E-state index contributed by atoms with van der Waals surface area (Å²) in [6, 6.07) is 8.44. The quantitative estimate of drug-likeness (QED) is 0.398. The van der Waals surface area contributed by atoms with Gasteiger partial charge in [-0.1, -0.05) is 31.4 Å². The Morgan fingerprint density at radius 1 is 1.03 bits per heavy atom. The topological polar surface area (TPSA) is 128 Å². The van der Waals surface area contributed by atoms with Gasteiger partial charge in [-0.3, -0.25) is 4.79 Å². The van der Waals surface area contributed by atoms with Gasteiger partial charge in [0.15, 0.2) is 0 Å². The van der Waals surface area contributed by atoms with E-state index in [4.69, 9.17) is 19.9 Å². The lowest BCUT2D eigenvalue weighted by Crippen LogP contribution is -2.42. The number of rotatable bonds is 7. The molecule has 0 spiro atoms. The molecule has 216 valence electrons. The summed E-state index contributed by atoms with van der Waals surface area (Å²) in [4.78, 5) is 32.8. The van der Waals surface area contributed by atoms with Crippen molar-refractivity contribution in [2.75, 3.05) is 30.9 Å². The fraction of sp³-hybridized carbons (Fsp3) is 0.630. The second kappa shape index (κ2) is 13.8. The zero-order valence-electron chi connectivity index (χ0n) is 22.4. The summed E-state index contributed by atoms with van der Waals surface area (Å²) in [6.07, 6.45) is 3.64. The number of carboxylic acid groups (broad SMARTS) is 1. The number of benzene rings is 1. The zero-order chi connectivity index (χ0) is 28.6. The Morgan fingerprint density at radius 2 is 1.64 bits per heavy atom. The van der Waals surface area contributed by atoms with Gasteiger partial charge in [-0.05, 0) is 62.5 Å². The average Bonchev–Trinajstić information content (AvgIpc) is 2.92. The molecule has 1 aromatic carbocycles. The summed E-state index contributed by atoms with van der Waals surface area (Å²) in [5, 5.41) is 25.1. The third-order valence-corrected chi connectivity index (χ3v) is 7.36. The normalized spacial score (nSPS) is 20.9. The highest BCUT2D eigenvalue weighted by Crippen LogP contribution is 2.29. The summed E-state index contributed by atoms with van der Waals surface area (Å²) in [5.74, 6) is -0.737. The number of aromatic nitrogens is 2. The molecule has 2 aliphatic carbocycles. The molecule has 0 bridgehead atoms. The second-order valence-corrected chi connectivity index (χ2v) is 10.5. The Morgan fingerprint density at radius 3 is 2.23 bits per heavy atom. The molecule has 2 saturated carbocycles. The van der Waals surface area contributed by atoms with Gasteiger partial charge in [0.2, 0.25) is 11.9 Å². The maximum absolute atomic E-state index is 12.4. The van der Waals surface area contributed by atoms with Crippen molar-refractivity contribution in [2.45, 2.75) is 76.1 Å². The van der Waals surface area contributed by atoms with Crippen LogP contribution in [-0.4, -0.2) is 71.0 Å². The van der Waals surface area contributed by atoms with E-state index in [0.29, 0.717) is 24.5 Å². The molecule has 1 amide bonds. The van der Waals surface area contributed by atoms with E-state index >= 15 is 0 Å². The molecule has 0 saturated heterocycles. The van der Waals surface area contributed by atoms with E-state index < -0.39 is 18.2 Å². The van der Waals surface area contributed by atoms with Gasteiger partial charge in [0.1, 0.15) is 11.9 Å². The van der Waals surface area contributed by atoms with Gasteiger partial charge >= 0.3 is 12.1 Å². The molecule has 39 heavy (non-hydrogen) atoms. The molecule has 12 heteroatoms. The molecule has 1 heterocycles. The predicted octanol–water partition coefficient (Wildman–Crippen LogP) is 4.36. The van der Waals surface area contributed by atoms with Gasteiger partial charge in [0.25, 0.3) is 0 Å². The lowest BCUT2D eigenvalue weighted by Gasteiger charge is -2.30. The van der Waals surface area contributed by atoms with Crippen molar-refractivity contribution in [3.05, 3.63) is 24.3 Å². The molecule has 2 aliphatic rings. The van der Waals surface area contributed by atoms with Crippen molar-refractivity contribution in [3.63, 3.8) is 0 Å². The van der Waals surface area contributed by atoms with E-state index in [0.717, 1.165) is 68.1 Å². The SMILES string of the molecule is CN(C)c1nc(NC2CCC(CNC(=O)C(O)C3CCCCC3)CC2)nc2ccccc12.O=C(O)C(F)(F)F. The third kappa shape index (κ3) is 8.94. The first kappa shape index (κ1) is 30.4. The van der Waals surface area contributed by atoms with Crippen LogP contribution in [0.25, 0.3) is 10.9 Å². The largest absolute Gasteiger partial charge is 0.490 e. The molecular formula is C27H38F3N5O4. The number of hydrogen-bond acceptors (Lipinski definition) is 7. The molecular weight excluding hydrogens is 515 g/mol. The van der Waals surface area contributed by atoms with E-state index in [1.165, 1.54) is 6.42 Å². The Labute approximate surface area is 226 Å². The highest BCUT2D eigenvalue weighted by molar-refractivity contribution is 5.90. The molecule has 1 unspecified atom stereocenters. The Hall–Kier alpha value is -3.15. The van der Waals surface area contributed by atoms with Crippen molar-refractivity contribution in [1.29, 1.82) is 0 Å². The summed E-state index contributed by atoms with van der Waals surface area (Å²) < 4.78 is 31.7. The minimum atomic E-state index is -5.08. The number of carboxylic acids is 1. The Kier molecular flexibility index (Phi) is 10.7. The van der Waals surface area contributed by atoms with E-state index in [9.17, 15) is 23.1 Å². The van der Waals surface area contributed by atoms with Crippen LogP contribution in [0.15, 0.2) is 24.3 Å². The molecule has 0 aliphatic heterocycles. The number of carbonyl (C=O) groups is 2. The third-order valence-electron chi connectivity index (χ3n) is 7.36. The second-order valence-electron chi connectivity index (χ2n) is 10.5. The monoisotopic (exact) mass is 553 g/mol. The average molecular weight is 554 g/mol. The van der Waals surface area contributed by atoms with Crippen LogP contribution < -0.4 is 15.5 Å². The first-order valence-corrected chi connectivity index (χ1v) is 13.4. The number of nitrogens with zero attached hydrogens (tertiary/aromatic N) is 3. The van der Waals surface area contributed by atoms with Crippen LogP contribution in [-0.2, 0) is 9.59 Å². The summed E-state index contributed by atoms with van der Waals surface area (Å²) >= 11 is 0. The van der Waals surface area contributed by atoms with Crippen LogP contribution in [0, 0.1) is 11.8 Å². The highest BCUT2D eigenvalue weighted by Gasteiger charge is 2.38. The van der Waals surface area contributed by atoms with Crippen LogP contribution in [0.3, 0.4) is 0 Å². The van der Waals surface area contributed by atoms with Crippen molar-refractivity contribution in [2.24, 2.45) is 11.8 Å². The maximum Gasteiger partial charge on any atom is 0.490 e. The first-order valence-electron chi connectivity index (χ1n) is 13.4. The number of aliphatic hydroxyl groups excluding tert-OH is 1. The van der Waals surface area contributed by atoms with Gasteiger partial charge in [-0.15, -0.1) is 0 Å². The number of hydrogen-bond donors (Lipinski definition) is 4. The number of halogens is 3. The van der Waals surface area contributed by atoms with Crippen molar-refractivity contribution in [3.8, 4) is 0 Å². The summed E-state index contributed by atoms with van der Waals surface area (Å²) in [7, 11) is 4.01. The lowest BCUT2D eigenvalue weighted by atomic mass is 9.84.